The van der Waals surface area contributed by atoms with Crippen LogP contribution in [0.3, 0.4) is 0 Å². The van der Waals surface area contributed by atoms with Crippen LogP contribution >= 0.6 is 0 Å². The third-order valence-electron chi connectivity index (χ3n) is 2.54. The predicted octanol–water partition coefficient (Wildman–Crippen LogP) is 1.71. The molecule has 0 amide bonds. The van der Waals surface area contributed by atoms with E-state index in [4.69, 9.17) is 18.9 Å². The molecule has 0 aromatic carbocycles. The largest absolute Gasteiger partial charge is 0.466 e. The number of unbranched alkanes of at least 4 members (excludes halogenated alkanes) is 2. The van der Waals surface area contributed by atoms with Gasteiger partial charge in [0.1, 0.15) is 0 Å². The van der Waals surface area contributed by atoms with Gasteiger partial charge >= 0.3 is 11.9 Å². The fourth-order valence-electron chi connectivity index (χ4n) is 1.42. The Kier molecular flexibility index (Phi) is 13.5. The Labute approximate surface area is 120 Å². The van der Waals surface area contributed by atoms with Gasteiger partial charge in [0, 0.05) is 27.4 Å². The van der Waals surface area contributed by atoms with Crippen LogP contribution < -0.4 is 0 Å². The molecule has 0 bridgehead atoms. The number of rotatable bonds is 13. The summed E-state index contributed by atoms with van der Waals surface area (Å²) in [5.41, 5.74) is 0. The van der Waals surface area contributed by atoms with Crippen molar-refractivity contribution in [3.05, 3.63) is 0 Å². The summed E-state index contributed by atoms with van der Waals surface area (Å²) in [4.78, 5) is 22.6. The van der Waals surface area contributed by atoms with Gasteiger partial charge in [-0.25, -0.2) is 0 Å². The summed E-state index contributed by atoms with van der Waals surface area (Å²) in [6.07, 6.45) is 3.38. The highest BCUT2D eigenvalue weighted by Crippen LogP contribution is 1.99. The van der Waals surface area contributed by atoms with E-state index >= 15 is 0 Å². The summed E-state index contributed by atoms with van der Waals surface area (Å²) in [7, 11) is 3.26. The van der Waals surface area contributed by atoms with Crippen LogP contribution in [0.15, 0.2) is 0 Å². The fraction of sp³-hybridized carbons (Fsp3) is 0.857. The summed E-state index contributed by atoms with van der Waals surface area (Å²) in [6.45, 7) is 2.06. The summed E-state index contributed by atoms with van der Waals surface area (Å²) >= 11 is 0. The molecule has 0 aromatic heterocycles. The van der Waals surface area contributed by atoms with E-state index in [9.17, 15) is 9.59 Å². The Bertz CT molecular complexity index is 228. The standard InChI is InChI=1S/C14H26O6/c1-17-9-3-5-11-19-13(15)7-8-14(16)20-12-6-4-10-18-2/h3-12H2,1-2H3. The van der Waals surface area contributed by atoms with E-state index in [-0.39, 0.29) is 24.8 Å². The number of esters is 2. The zero-order chi connectivity index (χ0) is 15.1. The lowest BCUT2D eigenvalue weighted by atomic mass is 10.3. The number of hydrogen-bond acceptors (Lipinski definition) is 6. The highest BCUT2D eigenvalue weighted by Gasteiger charge is 2.08. The average Bonchev–Trinajstić information content (AvgIpc) is 2.44. The molecule has 0 fully saturated rings. The van der Waals surface area contributed by atoms with Crippen LogP contribution in [0, 0.1) is 0 Å². The number of ether oxygens (including phenoxy) is 4. The number of carbonyl (C=O) groups excluding carboxylic acids is 2. The smallest absolute Gasteiger partial charge is 0.306 e. The molecular formula is C14H26O6. The summed E-state index contributed by atoms with van der Waals surface area (Å²) in [6, 6.07) is 0. The van der Waals surface area contributed by atoms with Gasteiger partial charge in [-0.1, -0.05) is 0 Å². The lowest BCUT2D eigenvalue weighted by Gasteiger charge is -2.06. The molecule has 6 heteroatoms. The molecule has 6 nitrogen and oxygen atoms in total. The molecule has 0 aliphatic rings. The molecule has 0 heterocycles. The van der Waals surface area contributed by atoms with Crippen molar-refractivity contribution in [2.45, 2.75) is 38.5 Å². The number of hydrogen-bond donors (Lipinski definition) is 0. The van der Waals surface area contributed by atoms with Crippen LogP contribution in [0.2, 0.25) is 0 Å². The maximum absolute atomic E-state index is 11.3. The second-order valence-electron chi connectivity index (χ2n) is 4.34. The van der Waals surface area contributed by atoms with Gasteiger partial charge in [-0.15, -0.1) is 0 Å². The molecule has 0 aliphatic heterocycles. The number of methoxy groups -OCH3 is 2. The maximum Gasteiger partial charge on any atom is 0.306 e. The van der Waals surface area contributed by atoms with E-state index in [1.165, 1.54) is 0 Å². The van der Waals surface area contributed by atoms with Crippen molar-refractivity contribution in [1.29, 1.82) is 0 Å². The van der Waals surface area contributed by atoms with Gasteiger partial charge in [0.25, 0.3) is 0 Å². The molecule has 0 aromatic rings. The molecule has 0 rings (SSSR count). The Balaban J connectivity index is 3.37. The molecule has 0 aliphatic carbocycles. The summed E-state index contributed by atoms with van der Waals surface area (Å²) in [5.74, 6) is -0.725. The third kappa shape index (κ3) is 13.3. The Morgan fingerprint density at radius 1 is 0.650 bits per heavy atom. The maximum atomic E-state index is 11.3. The lowest BCUT2D eigenvalue weighted by molar-refractivity contribution is -0.150. The van der Waals surface area contributed by atoms with Crippen molar-refractivity contribution in [3.8, 4) is 0 Å². The quantitative estimate of drug-likeness (QED) is 0.380. The van der Waals surface area contributed by atoms with Crippen molar-refractivity contribution in [2.75, 3.05) is 40.6 Å². The van der Waals surface area contributed by atoms with Crippen LogP contribution in [-0.4, -0.2) is 52.6 Å². The van der Waals surface area contributed by atoms with Gasteiger partial charge in [-0.05, 0) is 25.7 Å². The van der Waals surface area contributed by atoms with Crippen LogP contribution in [0.4, 0.5) is 0 Å². The monoisotopic (exact) mass is 290 g/mol. The highest BCUT2D eigenvalue weighted by atomic mass is 16.5. The molecule has 0 spiro atoms. The van der Waals surface area contributed by atoms with Crippen molar-refractivity contribution in [2.24, 2.45) is 0 Å². The zero-order valence-electron chi connectivity index (χ0n) is 12.5. The molecule has 0 saturated heterocycles. The molecule has 118 valence electrons. The molecule has 20 heavy (non-hydrogen) atoms. The summed E-state index contributed by atoms with van der Waals surface area (Å²) < 4.78 is 19.7. The highest BCUT2D eigenvalue weighted by molar-refractivity contribution is 5.77. The minimum absolute atomic E-state index is 0.0706. The van der Waals surface area contributed by atoms with Gasteiger partial charge in [0.05, 0.1) is 26.1 Å². The first-order valence-electron chi connectivity index (χ1n) is 6.99. The Hall–Kier alpha value is -1.14. The van der Waals surface area contributed by atoms with Crippen LogP contribution in [0.25, 0.3) is 0 Å². The Morgan fingerprint density at radius 2 is 1.00 bits per heavy atom. The number of carbonyl (C=O) groups is 2. The van der Waals surface area contributed by atoms with E-state index < -0.39 is 0 Å². The lowest BCUT2D eigenvalue weighted by Crippen LogP contribution is -2.12. The van der Waals surface area contributed by atoms with Crippen molar-refractivity contribution in [1.82, 2.24) is 0 Å². The topological polar surface area (TPSA) is 71.1 Å². The van der Waals surface area contributed by atoms with Crippen LogP contribution in [-0.2, 0) is 28.5 Å². The van der Waals surface area contributed by atoms with Crippen molar-refractivity contribution in [3.63, 3.8) is 0 Å². The van der Waals surface area contributed by atoms with E-state index in [0.29, 0.717) is 26.4 Å². The van der Waals surface area contributed by atoms with Crippen LogP contribution in [0.5, 0.6) is 0 Å². The van der Waals surface area contributed by atoms with E-state index in [1.54, 1.807) is 14.2 Å². The Morgan fingerprint density at radius 3 is 1.35 bits per heavy atom. The average molecular weight is 290 g/mol. The van der Waals surface area contributed by atoms with Crippen molar-refractivity contribution < 1.29 is 28.5 Å². The second kappa shape index (κ2) is 14.3. The van der Waals surface area contributed by atoms with Crippen LogP contribution in [0.1, 0.15) is 38.5 Å². The van der Waals surface area contributed by atoms with E-state index in [2.05, 4.69) is 0 Å². The SMILES string of the molecule is COCCCCOC(=O)CCC(=O)OCCCCOC. The first-order valence-corrected chi connectivity index (χ1v) is 6.99. The zero-order valence-corrected chi connectivity index (χ0v) is 12.5. The van der Waals surface area contributed by atoms with Gasteiger partial charge in [-0.3, -0.25) is 9.59 Å². The third-order valence-corrected chi connectivity index (χ3v) is 2.54. The van der Waals surface area contributed by atoms with Gasteiger partial charge in [0.15, 0.2) is 0 Å². The molecule has 0 saturated carbocycles. The molecule has 0 atom stereocenters. The fourth-order valence-corrected chi connectivity index (χ4v) is 1.42. The minimum atomic E-state index is -0.362. The molecule has 0 unspecified atom stereocenters. The van der Waals surface area contributed by atoms with Gasteiger partial charge in [0.2, 0.25) is 0 Å². The van der Waals surface area contributed by atoms with E-state index in [0.717, 1.165) is 25.7 Å². The van der Waals surface area contributed by atoms with E-state index in [1.807, 2.05) is 0 Å². The summed E-state index contributed by atoms with van der Waals surface area (Å²) in [5, 5.41) is 0. The normalized spacial score (nSPS) is 10.3. The first-order chi connectivity index (χ1) is 9.70. The van der Waals surface area contributed by atoms with Gasteiger partial charge < -0.3 is 18.9 Å². The van der Waals surface area contributed by atoms with Gasteiger partial charge in [-0.2, -0.15) is 0 Å². The van der Waals surface area contributed by atoms with Crippen molar-refractivity contribution >= 4 is 11.9 Å². The second-order valence-corrected chi connectivity index (χ2v) is 4.34. The minimum Gasteiger partial charge on any atom is -0.466 e. The first kappa shape index (κ1) is 18.9. The molecular weight excluding hydrogens is 264 g/mol. The predicted molar refractivity (Wildman–Crippen MR) is 73.4 cm³/mol. The molecule has 0 radical (unpaired) electrons. The molecule has 0 N–H and O–H groups in total.